The zero-order chi connectivity index (χ0) is 24.5. The average Bonchev–Trinajstić information content (AvgIpc) is 3.57. The van der Waals surface area contributed by atoms with Crippen molar-refractivity contribution in [2.24, 2.45) is 0 Å². The molecule has 2 aliphatic heterocycles. The van der Waals surface area contributed by atoms with Gasteiger partial charge >= 0.3 is 6.03 Å². The summed E-state index contributed by atoms with van der Waals surface area (Å²) in [7, 11) is 1.62. The maximum atomic E-state index is 12.7. The summed E-state index contributed by atoms with van der Waals surface area (Å²) >= 11 is 0. The van der Waals surface area contributed by atoms with Crippen LogP contribution in [-0.4, -0.2) is 57.3 Å². The van der Waals surface area contributed by atoms with Gasteiger partial charge in [0.2, 0.25) is 0 Å². The van der Waals surface area contributed by atoms with Crippen molar-refractivity contribution in [3.63, 3.8) is 0 Å². The molecule has 10 nitrogen and oxygen atoms in total. The van der Waals surface area contributed by atoms with E-state index in [2.05, 4.69) is 42.2 Å². The van der Waals surface area contributed by atoms with Crippen LogP contribution in [-0.2, 0) is 6.42 Å². The fourth-order valence-corrected chi connectivity index (χ4v) is 4.70. The number of hydrogen-bond donors (Lipinski definition) is 4. The fourth-order valence-electron chi connectivity index (χ4n) is 4.70. The molecule has 2 amide bonds. The van der Waals surface area contributed by atoms with Crippen molar-refractivity contribution < 1.29 is 9.53 Å². The molecule has 0 saturated heterocycles. The number of hydrogen-bond acceptors (Lipinski definition) is 7. The maximum absolute atomic E-state index is 12.7. The second kappa shape index (κ2) is 9.21. The Labute approximate surface area is 207 Å². The summed E-state index contributed by atoms with van der Waals surface area (Å²) in [6.07, 6.45) is 7.12. The van der Waals surface area contributed by atoms with Crippen LogP contribution in [0.2, 0.25) is 0 Å². The largest absolute Gasteiger partial charge is 0.497 e. The van der Waals surface area contributed by atoms with E-state index in [0.29, 0.717) is 13.1 Å². The Morgan fingerprint density at radius 2 is 2.00 bits per heavy atom. The zero-order valence-corrected chi connectivity index (χ0v) is 19.8. The topological polar surface area (TPSA) is 120 Å². The number of rotatable bonds is 5. The lowest BCUT2D eigenvalue weighted by molar-refractivity contribution is 0.215. The van der Waals surface area contributed by atoms with Crippen LogP contribution in [0.25, 0.3) is 10.9 Å². The lowest BCUT2D eigenvalue weighted by Crippen LogP contribution is -2.39. The van der Waals surface area contributed by atoms with Gasteiger partial charge in [-0.3, -0.25) is 5.10 Å². The first-order valence-electron chi connectivity index (χ1n) is 11.9. The monoisotopic (exact) mass is 482 g/mol. The highest BCUT2D eigenvalue weighted by Crippen LogP contribution is 2.34. The molecule has 1 atom stereocenters. The first kappa shape index (κ1) is 21.9. The molecule has 182 valence electrons. The number of carbonyl (C=O) groups is 1. The highest BCUT2D eigenvalue weighted by atomic mass is 16.5. The minimum absolute atomic E-state index is 0.106. The fraction of sp³-hybridized carbons (Fsp3) is 0.231. The van der Waals surface area contributed by atoms with Crippen molar-refractivity contribution >= 4 is 39.9 Å². The first-order chi connectivity index (χ1) is 17.7. The molecule has 2 aromatic carbocycles. The van der Waals surface area contributed by atoms with Crippen LogP contribution in [0.5, 0.6) is 5.75 Å². The highest BCUT2D eigenvalue weighted by molar-refractivity contribution is 5.89. The van der Waals surface area contributed by atoms with Gasteiger partial charge in [-0.1, -0.05) is 6.08 Å². The van der Waals surface area contributed by atoms with Crippen LogP contribution in [0.1, 0.15) is 12.0 Å². The molecule has 6 rings (SSSR count). The predicted octanol–water partition coefficient (Wildman–Crippen LogP) is 4.31. The van der Waals surface area contributed by atoms with Gasteiger partial charge in [0.15, 0.2) is 0 Å². The van der Waals surface area contributed by atoms with Gasteiger partial charge in [0.05, 0.1) is 24.9 Å². The molecule has 4 heterocycles. The normalized spacial score (nSPS) is 16.8. The second-order valence-electron chi connectivity index (χ2n) is 8.88. The molecule has 0 saturated carbocycles. The van der Waals surface area contributed by atoms with Crippen molar-refractivity contribution in [2.75, 3.05) is 36.1 Å². The Kier molecular flexibility index (Phi) is 5.61. The number of amides is 2. The third-order valence-electron chi connectivity index (χ3n) is 6.69. The van der Waals surface area contributed by atoms with Gasteiger partial charge in [-0.25, -0.2) is 14.8 Å². The van der Waals surface area contributed by atoms with E-state index < -0.39 is 0 Å². The van der Waals surface area contributed by atoms with Crippen molar-refractivity contribution in [2.45, 2.75) is 18.9 Å². The SMILES string of the molecule is COc1ccc(NC(=O)N2CC=C(C3Cc4c(Nc5ccc6[nH]ncc6c5)ncnc4N3)CC2)cc1. The molecular weight excluding hydrogens is 456 g/mol. The molecule has 4 aromatic rings. The van der Waals surface area contributed by atoms with Gasteiger partial charge in [-0.05, 0) is 54.5 Å². The van der Waals surface area contributed by atoms with E-state index in [1.54, 1.807) is 19.6 Å². The molecule has 4 N–H and O–H groups in total. The smallest absolute Gasteiger partial charge is 0.322 e. The molecule has 0 spiro atoms. The number of benzene rings is 2. The van der Waals surface area contributed by atoms with Crippen LogP contribution in [0, 0.1) is 0 Å². The van der Waals surface area contributed by atoms with Crippen molar-refractivity contribution in [3.8, 4) is 5.75 Å². The minimum atomic E-state index is -0.106. The number of H-pyrrole nitrogens is 1. The van der Waals surface area contributed by atoms with Crippen LogP contribution in [0.15, 0.2) is 66.6 Å². The van der Waals surface area contributed by atoms with E-state index in [1.807, 2.05) is 47.4 Å². The van der Waals surface area contributed by atoms with Crippen molar-refractivity contribution in [3.05, 3.63) is 72.2 Å². The van der Waals surface area contributed by atoms with Gasteiger partial charge in [0.25, 0.3) is 0 Å². The van der Waals surface area contributed by atoms with E-state index in [0.717, 1.165) is 58.1 Å². The molecule has 0 bridgehead atoms. The zero-order valence-electron chi connectivity index (χ0n) is 19.8. The number of fused-ring (bicyclic) bond motifs is 2. The molecule has 2 aliphatic rings. The van der Waals surface area contributed by atoms with Gasteiger partial charge in [0.1, 0.15) is 23.7 Å². The van der Waals surface area contributed by atoms with Crippen LogP contribution in [0.3, 0.4) is 0 Å². The lowest BCUT2D eigenvalue weighted by Gasteiger charge is -2.29. The quantitative estimate of drug-likeness (QED) is 0.313. The summed E-state index contributed by atoms with van der Waals surface area (Å²) in [6, 6.07) is 13.4. The van der Waals surface area contributed by atoms with Gasteiger partial charge in [0, 0.05) is 41.8 Å². The number of aromatic amines is 1. The van der Waals surface area contributed by atoms with E-state index in [1.165, 1.54) is 5.57 Å². The van der Waals surface area contributed by atoms with E-state index >= 15 is 0 Å². The summed E-state index contributed by atoms with van der Waals surface area (Å²) in [5, 5.41) is 18.0. The third kappa shape index (κ3) is 4.28. The number of carbonyl (C=O) groups excluding carboxylic acids is 1. The van der Waals surface area contributed by atoms with E-state index in [-0.39, 0.29) is 12.1 Å². The molecule has 1 unspecified atom stereocenters. The summed E-state index contributed by atoms with van der Waals surface area (Å²) in [4.78, 5) is 23.5. The van der Waals surface area contributed by atoms with Crippen LogP contribution < -0.4 is 20.7 Å². The number of nitrogens with one attached hydrogen (secondary N) is 4. The standard InChI is InChI=1S/C26H26N8O2/c1-36-20-5-2-18(3-6-20)31-26(35)34-10-8-16(9-11-34)23-13-21-24(27-15-28-25(21)32-23)30-19-4-7-22-17(12-19)14-29-33-22/h2-8,12,14-15,23H,9-11,13H2,1H3,(H,29,33)(H,31,35)(H2,27,28,30,32). The van der Waals surface area contributed by atoms with Crippen LogP contribution >= 0.6 is 0 Å². The molecule has 0 fully saturated rings. The summed E-state index contributed by atoms with van der Waals surface area (Å²) < 4.78 is 5.17. The lowest BCUT2D eigenvalue weighted by atomic mass is 9.97. The average molecular weight is 483 g/mol. The van der Waals surface area contributed by atoms with E-state index in [9.17, 15) is 4.79 Å². The maximum Gasteiger partial charge on any atom is 0.322 e. The number of anilines is 4. The first-order valence-corrected chi connectivity index (χ1v) is 11.9. The Morgan fingerprint density at radius 3 is 2.81 bits per heavy atom. The minimum Gasteiger partial charge on any atom is -0.497 e. The van der Waals surface area contributed by atoms with E-state index in [4.69, 9.17) is 4.74 Å². The summed E-state index contributed by atoms with van der Waals surface area (Å²) in [5.41, 5.74) is 5.03. The molecule has 10 heteroatoms. The number of aromatic nitrogens is 4. The Hall–Kier alpha value is -4.60. The number of ether oxygens (including phenoxy) is 1. The number of nitrogens with zero attached hydrogens (tertiary/aromatic N) is 4. The molecule has 2 aromatic heterocycles. The number of urea groups is 1. The highest BCUT2D eigenvalue weighted by Gasteiger charge is 2.30. The van der Waals surface area contributed by atoms with Crippen molar-refractivity contribution in [1.82, 2.24) is 25.1 Å². The van der Waals surface area contributed by atoms with Gasteiger partial charge in [-0.2, -0.15) is 5.10 Å². The number of methoxy groups -OCH3 is 1. The Morgan fingerprint density at radius 1 is 1.14 bits per heavy atom. The Bertz CT molecular complexity index is 1450. The molecule has 36 heavy (non-hydrogen) atoms. The predicted molar refractivity (Wildman–Crippen MR) is 139 cm³/mol. The van der Waals surface area contributed by atoms with Crippen molar-refractivity contribution in [1.29, 1.82) is 0 Å². The summed E-state index contributed by atoms with van der Waals surface area (Å²) in [5.74, 6) is 2.41. The molecular formula is C26H26N8O2. The Balaban J connectivity index is 1.10. The second-order valence-corrected chi connectivity index (χ2v) is 8.88. The van der Waals surface area contributed by atoms with Crippen LogP contribution in [0.4, 0.5) is 27.8 Å². The van der Waals surface area contributed by atoms with Gasteiger partial charge in [-0.15, -0.1) is 0 Å². The molecule has 0 radical (unpaired) electrons. The molecule has 0 aliphatic carbocycles. The van der Waals surface area contributed by atoms with Gasteiger partial charge < -0.3 is 25.6 Å². The third-order valence-corrected chi connectivity index (χ3v) is 6.69. The summed E-state index contributed by atoms with van der Waals surface area (Å²) in [6.45, 7) is 1.22.